The van der Waals surface area contributed by atoms with Crippen molar-refractivity contribution >= 4 is 0 Å². The number of aliphatic hydroxyl groups excluding tert-OH is 1. The summed E-state index contributed by atoms with van der Waals surface area (Å²) in [7, 11) is 0. The molecule has 1 rings (SSSR count). The molecule has 72 valence electrons. The third-order valence-corrected chi connectivity index (χ3v) is 2.44. The SMILES string of the molecule is N[C@H]1CCN(CCCCCO)C1. The summed E-state index contributed by atoms with van der Waals surface area (Å²) in [6, 6.07) is 0.405. The van der Waals surface area contributed by atoms with Crippen LogP contribution in [0, 0.1) is 0 Å². The number of likely N-dealkylation sites (tertiary alicyclic amines) is 1. The van der Waals surface area contributed by atoms with Gasteiger partial charge in [0.25, 0.3) is 0 Å². The molecule has 0 aromatic heterocycles. The van der Waals surface area contributed by atoms with E-state index < -0.39 is 0 Å². The lowest BCUT2D eigenvalue weighted by Gasteiger charge is -2.14. The van der Waals surface area contributed by atoms with Crippen LogP contribution in [0.1, 0.15) is 25.7 Å². The molecule has 0 aromatic rings. The van der Waals surface area contributed by atoms with E-state index in [0.29, 0.717) is 12.6 Å². The van der Waals surface area contributed by atoms with E-state index in [2.05, 4.69) is 4.90 Å². The Morgan fingerprint density at radius 3 is 2.75 bits per heavy atom. The molecule has 1 saturated heterocycles. The molecule has 3 nitrogen and oxygen atoms in total. The molecule has 1 aliphatic rings. The van der Waals surface area contributed by atoms with E-state index in [0.717, 1.165) is 32.4 Å². The van der Waals surface area contributed by atoms with Crippen molar-refractivity contribution in [3.8, 4) is 0 Å². The average molecular weight is 172 g/mol. The van der Waals surface area contributed by atoms with Gasteiger partial charge in [-0.3, -0.25) is 0 Å². The van der Waals surface area contributed by atoms with Crippen molar-refractivity contribution in [1.29, 1.82) is 0 Å². The normalized spacial score (nSPS) is 25.0. The fourth-order valence-corrected chi connectivity index (χ4v) is 1.69. The molecule has 3 N–H and O–H groups in total. The third kappa shape index (κ3) is 3.52. The molecule has 1 fully saturated rings. The topological polar surface area (TPSA) is 49.5 Å². The lowest BCUT2D eigenvalue weighted by Crippen LogP contribution is -2.27. The van der Waals surface area contributed by atoms with Gasteiger partial charge in [-0.2, -0.15) is 0 Å². The van der Waals surface area contributed by atoms with Crippen LogP contribution in [-0.2, 0) is 0 Å². The number of aliphatic hydroxyl groups is 1. The molecule has 0 aliphatic carbocycles. The minimum atomic E-state index is 0.333. The van der Waals surface area contributed by atoms with Crippen molar-refractivity contribution in [2.24, 2.45) is 5.73 Å². The highest BCUT2D eigenvalue weighted by atomic mass is 16.2. The molecular formula is C9H20N2O. The molecule has 0 amide bonds. The molecule has 1 aliphatic heterocycles. The summed E-state index contributed by atoms with van der Waals surface area (Å²) in [6.07, 6.45) is 4.44. The monoisotopic (exact) mass is 172 g/mol. The number of nitrogens with two attached hydrogens (primary N) is 1. The smallest absolute Gasteiger partial charge is 0.0431 e. The van der Waals surface area contributed by atoms with Gasteiger partial charge in [0.15, 0.2) is 0 Å². The maximum Gasteiger partial charge on any atom is 0.0431 e. The van der Waals surface area contributed by atoms with Crippen LogP contribution in [0.15, 0.2) is 0 Å². The zero-order chi connectivity index (χ0) is 8.81. The highest BCUT2D eigenvalue weighted by Gasteiger charge is 2.17. The van der Waals surface area contributed by atoms with Crippen LogP contribution in [0.5, 0.6) is 0 Å². The second-order valence-corrected chi connectivity index (χ2v) is 3.63. The Morgan fingerprint density at radius 2 is 2.17 bits per heavy atom. The predicted molar refractivity (Wildman–Crippen MR) is 50.0 cm³/mol. The van der Waals surface area contributed by atoms with E-state index in [9.17, 15) is 0 Å². The van der Waals surface area contributed by atoms with Crippen molar-refractivity contribution in [3.63, 3.8) is 0 Å². The van der Waals surface area contributed by atoms with E-state index >= 15 is 0 Å². The second-order valence-electron chi connectivity index (χ2n) is 3.63. The van der Waals surface area contributed by atoms with Gasteiger partial charge in [0.2, 0.25) is 0 Å². The minimum Gasteiger partial charge on any atom is -0.396 e. The first-order valence-corrected chi connectivity index (χ1v) is 4.91. The van der Waals surface area contributed by atoms with Crippen LogP contribution in [0.4, 0.5) is 0 Å². The lowest BCUT2D eigenvalue weighted by molar-refractivity contribution is 0.272. The third-order valence-electron chi connectivity index (χ3n) is 2.44. The van der Waals surface area contributed by atoms with Crippen LogP contribution in [0.3, 0.4) is 0 Å². The average Bonchev–Trinajstić information content (AvgIpc) is 2.45. The van der Waals surface area contributed by atoms with E-state index in [1.165, 1.54) is 13.0 Å². The van der Waals surface area contributed by atoms with Gasteiger partial charge < -0.3 is 15.7 Å². The molecule has 0 bridgehead atoms. The van der Waals surface area contributed by atoms with Crippen LogP contribution < -0.4 is 5.73 Å². The van der Waals surface area contributed by atoms with Crippen LogP contribution in [-0.4, -0.2) is 42.3 Å². The highest BCUT2D eigenvalue weighted by Crippen LogP contribution is 2.08. The number of rotatable bonds is 5. The first-order valence-electron chi connectivity index (χ1n) is 4.91. The molecular weight excluding hydrogens is 152 g/mol. The Hall–Kier alpha value is -0.120. The Kier molecular flexibility index (Phi) is 4.58. The number of unbranched alkanes of at least 4 members (excludes halogenated alkanes) is 2. The van der Waals surface area contributed by atoms with Gasteiger partial charge in [-0.25, -0.2) is 0 Å². The zero-order valence-corrected chi connectivity index (χ0v) is 7.71. The van der Waals surface area contributed by atoms with Crippen LogP contribution in [0.25, 0.3) is 0 Å². The molecule has 12 heavy (non-hydrogen) atoms. The van der Waals surface area contributed by atoms with Gasteiger partial charge in [0.05, 0.1) is 0 Å². The zero-order valence-electron chi connectivity index (χ0n) is 7.71. The lowest BCUT2D eigenvalue weighted by atomic mass is 10.2. The molecule has 0 radical (unpaired) electrons. The van der Waals surface area contributed by atoms with Gasteiger partial charge >= 0.3 is 0 Å². The Balaban J connectivity index is 1.93. The van der Waals surface area contributed by atoms with Gasteiger partial charge in [-0.15, -0.1) is 0 Å². The van der Waals surface area contributed by atoms with Crippen molar-refractivity contribution in [2.45, 2.75) is 31.7 Å². The molecule has 0 aromatic carbocycles. The Bertz CT molecular complexity index is 119. The number of hydrogen-bond donors (Lipinski definition) is 2. The Morgan fingerprint density at radius 1 is 1.33 bits per heavy atom. The number of hydrogen-bond acceptors (Lipinski definition) is 3. The summed E-state index contributed by atoms with van der Waals surface area (Å²) in [4.78, 5) is 2.42. The maximum atomic E-state index is 8.57. The largest absolute Gasteiger partial charge is 0.396 e. The van der Waals surface area contributed by atoms with Gasteiger partial charge in [-0.1, -0.05) is 0 Å². The Labute approximate surface area is 74.5 Å². The summed E-state index contributed by atoms with van der Waals surface area (Å²) < 4.78 is 0. The first-order chi connectivity index (χ1) is 5.83. The van der Waals surface area contributed by atoms with Crippen LogP contribution in [0.2, 0.25) is 0 Å². The summed E-state index contributed by atoms with van der Waals surface area (Å²) >= 11 is 0. The van der Waals surface area contributed by atoms with Gasteiger partial charge in [0.1, 0.15) is 0 Å². The number of nitrogens with zero attached hydrogens (tertiary/aromatic N) is 1. The fraction of sp³-hybridized carbons (Fsp3) is 1.00. The molecule has 3 heteroatoms. The minimum absolute atomic E-state index is 0.333. The quantitative estimate of drug-likeness (QED) is 0.582. The standard InChI is InChI=1S/C9H20N2O/c10-9-4-6-11(8-9)5-2-1-3-7-12/h9,12H,1-8,10H2/t9-/m0/s1. The fourth-order valence-electron chi connectivity index (χ4n) is 1.69. The summed E-state index contributed by atoms with van der Waals surface area (Å²) in [5.41, 5.74) is 5.77. The molecule has 0 spiro atoms. The van der Waals surface area contributed by atoms with E-state index in [4.69, 9.17) is 10.8 Å². The predicted octanol–water partition coefficient (Wildman–Crippen LogP) is 0.182. The summed E-state index contributed by atoms with van der Waals surface area (Å²) in [6.45, 7) is 3.73. The van der Waals surface area contributed by atoms with Crippen molar-refractivity contribution < 1.29 is 5.11 Å². The van der Waals surface area contributed by atoms with Crippen molar-refractivity contribution in [2.75, 3.05) is 26.2 Å². The van der Waals surface area contributed by atoms with Crippen LogP contribution >= 0.6 is 0 Å². The molecule has 1 atom stereocenters. The van der Waals surface area contributed by atoms with Crippen molar-refractivity contribution in [1.82, 2.24) is 4.90 Å². The van der Waals surface area contributed by atoms with E-state index in [1.54, 1.807) is 0 Å². The highest BCUT2D eigenvalue weighted by molar-refractivity contribution is 4.77. The maximum absolute atomic E-state index is 8.57. The molecule has 1 heterocycles. The van der Waals surface area contributed by atoms with Crippen molar-refractivity contribution in [3.05, 3.63) is 0 Å². The first kappa shape index (κ1) is 9.96. The van der Waals surface area contributed by atoms with E-state index in [1.807, 2.05) is 0 Å². The summed E-state index contributed by atoms with van der Waals surface area (Å²) in [5, 5.41) is 8.57. The second kappa shape index (κ2) is 5.51. The van der Waals surface area contributed by atoms with Gasteiger partial charge in [0, 0.05) is 19.2 Å². The summed E-state index contributed by atoms with van der Waals surface area (Å²) in [5.74, 6) is 0. The van der Waals surface area contributed by atoms with E-state index in [-0.39, 0.29) is 0 Å². The van der Waals surface area contributed by atoms with Gasteiger partial charge in [-0.05, 0) is 38.8 Å². The molecule has 0 saturated carbocycles. The molecule has 0 unspecified atom stereocenters.